The molecule has 23 heavy (non-hydrogen) atoms. The smallest absolute Gasteiger partial charge is 0.151 e. The van der Waals surface area contributed by atoms with Crippen LogP contribution in [0.4, 0.5) is 5.82 Å². The molecule has 118 valence electrons. The Balaban J connectivity index is 1.81. The van der Waals surface area contributed by atoms with Gasteiger partial charge in [0, 0.05) is 23.2 Å². The Morgan fingerprint density at radius 3 is 2.78 bits per heavy atom. The summed E-state index contributed by atoms with van der Waals surface area (Å²) in [5, 5.41) is 0.728. The number of halogens is 1. The maximum atomic E-state index is 5.98. The van der Waals surface area contributed by atoms with Crippen LogP contribution in [0.15, 0.2) is 30.6 Å². The molecule has 1 aromatic carbocycles. The summed E-state index contributed by atoms with van der Waals surface area (Å²) in [6.07, 6.45) is 5.39. The van der Waals surface area contributed by atoms with E-state index in [4.69, 9.17) is 11.6 Å². The second-order valence-corrected chi connectivity index (χ2v) is 7.16. The lowest BCUT2D eigenvalue weighted by Gasteiger charge is -2.34. The van der Waals surface area contributed by atoms with E-state index in [9.17, 15) is 0 Å². The fourth-order valence-corrected chi connectivity index (χ4v) is 4.15. The van der Waals surface area contributed by atoms with Crippen molar-refractivity contribution in [2.45, 2.75) is 32.2 Å². The highest BCUT2D eigenvalue weighted by Gasteiger charge is 2.23. The van der Waals surface area contributed by atoms with Crippen molar-refractivity contribution in [2.75, 3.05) is 11.4 Å². The number of nitrogens with zero attached hydrogens (tertiary/aromatic N) is 4. The minimum Gasteiger partial charge on any atom is -0.353 e. The minimum absolute atomic E-state index is 0.517. The highest BCUT2D eigenvalue weighted by molar-refractivity contribution is 7.14. The van der Waals surface area contributed by atoms with E-state index >= 15 is 0 Å². The Morgan fingerprint density at radius 2 is 2.00 bits per heavy atom. The lowest BCUT2D eigenvalue weighted by Crippen LogP contribution is -2.38. The Bertz CT molecular complexity index is 830. The van der Waals surface area contributed by atoms with Gasteiger partial charge in [0.15, 0.2) is 5.82 Å². The molecule has 0 radical (unpaired) electrons. The summed E-state index contributed by atoms with van der Waals surface area (Å²) in [5.74, 6) is 1.03. The van der Waals surface area contributed by atoms with Gasteiger partial charge in [-0.2, -0.15) is 4.37 Å². The first-order valence-corrected chi connectivity index (χ1v) is 9.02. The zero-order valence-corrected chi connectivity index (χ0v) is 14.4. The van der Waals surface area contributed by atoms with Crippen LogP contribution in [0, 0.1) is 0 Å². The van der Waals surface area contributed by atoms with Gasteiger partial charge >= 0.3 is 0 Å². The number of aromatic nitrogens is 3. The summed E-state index contributed by atoms with van der Waals surface area (Å²) < 4.78 is 5.72. The van der Waals surface area contributed by atoms with E-state index in [1.165, 1.54) is 30.8 Å². The Morgan fingerprint density at radius 1 is 1.17 bits per heavy atom. The van der Waals surface area contributed by atoms with Gasteiger partial charge in [-0.15, -0.1) is 0 Å². The molecule has 1 saturated heterocycles. The first-order chi connectivity index (χ1) is 11.2. The van der Waals surface area contributed by atoms with Crippen molar-refractivity contribution >= 4 is 39.2 Å². The molecule has 2 aromatic heterocycles. The topological polar surface area (TPSA) is 41.9 Å². The van der Waals surface area contributed by atoms with Crippen molar-refractivity contribution in [3.63, 3.8) is 0 Å². The Labute approximate surface area is 144 Å². The van der Waals surface area contributed by atoms with Crippen LogP contribution in [0.5, 0.6) is 0 Å². The molecule has 6 heteroatoms. The summed E-state index contributed by atoms with van der Waals surface area (Å²) >= 11 is 7.47. The molecular formula is C17H17ClN4S. The maximum absolute atomic E-state index is 5.98. The van der Waals surface area contributed by atoms with Crippen LogP contribution < -0.4 is 4.90 Å². The van der Waals surface area contributed by atoms with Crippen molar-refractivity contribution in [1.82, 2.24) is 14.3 Å². The summed E-state index contributed by atoms with van der Waals surface area (Å²) in [6, 6.07) is 8.26. The predicted molar refractivity (Wildman–Crippen MR) is 96.3 cm³/mol. The van der Waals surface area contributed by atoms with Crippen molar-refractivity contribution < 1.29 is 0 Å². The highest BCUT2D eigenvalue weighted by atomic mass is 35.5. The highest BCUT2D eigenvalue weighted by Crippen LogP contribution is 2.36. The van der Waals surface area contributed by atoms with E-state index in [0.29, 0.717) is 6.04 Å². The van der Waals surface area contributed by atoms with Crippen molar-refractivity contribution in [3.05, 3.63) is 35.6 Å². The molecule has 1 unspecified atom stereocenters. The number of anilines is 1. The lowest BCUT2D eigenvalue weighted by atomic mass is 10.0. The summed E-state index contributed by atoms with van der Waals surface area (Å²) in [7, 11) is 0. The lowest BCUT2D eigenvalue weighted by molar-refractivity contribution is 0.482. The summed E-state index contributed by atoms with van der Waals surface area (Å²) in [5.41, 5.74) is 2.88. The molecular weight excluding hydrogens is 328 g/mol. The molecule has 1 aliphatic heterocycles. The molecule has 1 fully saturated rings. The minimum atomic E-state index is 0.517. The zero-order chi connectivity index (χ0) is 15.8. The second kappa shape index (κ2) is 6.06. The van der Waals surface area contributed by atoms with Gasteiger partial charge in [-0.1, -0.05) is 23.7 Å². The number of hydrogen-bond acceptors (Lipinski definition) is 5. The van der Waals surface area contributed by atoms with E-state index in [-0.39, 0.29) is 0 Å². The van der Waals surface area contributed by atoms with Crippen LogP contribution in [0.1, 0.15) is 26.2 Å². The van der Waals surface area contributed by atoms with Crippen LogP contribution in [-0.2, 0) is 0 Å². The SMILES string of the molecule is CC1CCCCN1c1ncnc2c(-c3ccc(Cl)cc3)nsc12. The van der Waals surface area contributed by atoms with Gasteiger partial charge in [0.1, 0.15) is 22.2 Å². The normalized spacial score (nSPS) is 18.5. The van der Waals surface area contributed by atoms with Gasteiger partial charge in [-0.25, -0.2) is 9.97 Å². The molecule has 0 aliphatic carbocycles. The first-order valence-electron chi connectivity index (χ1n) is 7.87. The van der Waals surface area contributed by atoms with Gasteiger partial charge in [0.05, 0.1) is 0 Å². The van der Waals surface area contributed by atoms with Crippen LogP contribution >= 0.6 is 23.1 Å². The largest absolute Gasteiger partial charge is 0.353 e. The maximum Gasteiger partial charge on any atom is 0.151 e. The fourth-order valence-electron chi connectivity index (χ4n) is 3.17. The fraction of sp³-hybridized carbons (Fsp3) is 0.353. The number of benzene rings is 1. The van der Waals surface area contributed by atoms with E-state index in [2.05, 4.69) is 26.2 Å². The number of fused-ring (bicyclic) bond motifs is 1. The van der Waals surface area contributed by atoms with Crippen molar-refractivity contribution in [2.24, 2.45) is 0 Å². The van der Waals surface area contributed by atoms with Gasteiger partial charge < -0.3 is 4.90 Å². The molecule has 0 N–H and O–H groups in total. The summed E-state index contributed by atoms with van der Waals surface area (Å²) in [4.78, 5) is 11.5. The molecule has 0 saturated carbocycles. The van der Waals surface area contributed by atoms with Gasteiger partial charge in [-0.3, -0.25) is 0 Å². The second-order valence-electron chi connectivity index (χ2n) is 5.95. The van der Waals surface area contributed by atoms with E-state index < -0.39 is 0 Å². The van der Waals surface area contributed by atoms with E-state index in [0.717, 1.165) is 38.9 Å². The molecule has 0 amide bonds. The van der Waals surface area contributed by atoms with Crippen LogP contribution in [0.25, 0.3) is 21.5 Å². The van der Waals surface area contributed by atoms with Gasteiger partial charge in [0.25, 0.3) is 0 Å². The molecule has 0 bridgehead atoms. The van der Waals surface area contributed by atoms with Gasteiger partial charge in [0.2, 0.25) is 0 Å². The zero-order valence-electron chi connectivity index (χ0n) is 12.9. The third-order valence-corrected chi connectivity index (χ3v) is 5.51. The van der Waals surface area contributed by atoms with Crippen LogP contribution in [0.2, 0.25) is 5.02 Å². The van der Waals surface area contributed by atoms with E-state index in [1.54, 1.807) is 6.33 Å². The summed E-state index contributed by atoms with van der Waals surface area (Å²) in [6.45, 7) is 3.33. The van der Waals surface area contributed by atoms with E-state index in [1.807, 2.05) is 24.3 Å². The third kappa shape index (κ3) is 2.68. The molecule has 3 heterocycles. The first kappa shape index (κ1) is 14.8. The molecule has 4 nitrogen and oxygen atoms in total. The predicted octanol–water partition coefficient (Wildman–Crippen LogP) is 4.79. The molecule has 4 rings (SSSR count). The van der Waals surface area contributed by atoms with Crippen LogP contribution in [-0.4, -0.2) is 26.9 Å². The molecule has 0 spiro atoms. The van der Waals surface area contributed by atoms with Crippen LogP contribution in [0.3, 0.4) is 0 Å². The van der Waals surface area contributed by atoms with Gasteiger partial charge in [-0.05, 0) is 49.9 Å². The quantitative estimate of drug-likeness (QED) is 0.670. The van der Waals surface area contributed by atoms with Crippen molar-refractivity contribution in [1.29, 1.82) is 0 Å². The average molecular weight is 345 g/mol. The monoisotopic (exact) mass is 344 g/mol. The standard InChI is InChI=1S/C17H17ClN4S/c1-11-4-2-3-9-22(11)17-16-15(19-10-20-17)14(21-23-16)12-5-7-13(18)8-6-12/h5-8,10-11H,2-4,9H2,1H3. The van der Waals surface area contributed by atoms with Crippen molar-refractivity contribution in [3.8, 4) is 11.3 Å². The molecule has 3 aromatic rings. The number of hydrogen-bond donors (Lipinski definition) is 0. The third-order valence-electron chi connectivity index (χ3n) is 4.43. The average Bonchev–Trinajstić information content (AvgIpc) is 3.00. The molecule has 1 atom stereocenters. The Hall–Kier alpha value is -1.72. The number of piperidine rings is 1. The molecule has 1 aliphatic rings. The Kier molecular flexibility index (Phi) is 3.91. The number of rotatable bonds is 2.